The van der Waals surface area contributed by atoms with E-state index in [4.69, 9.17) is 9.47 Å². The van der Waals surface area contributed by atoms with Gasteiger partial charge in [-0.2, -0.15) is 0 Å². The minimum atomic E-state index is -0.412. The second-order valence-electron chi connectivity index (χ2n) is 16.3. The normalized spacial score (nSPS) is 38.4. The lowest BCUT2D eigenvalue weighted by Gasteiger charge is -2.70. The number of allylic oxidation sites excluding steroid dienone is 2. The number of benzene rings is 3. The fourth-order valence-corrected chi connectivity index (χ4v) is 14.7. The van der Waals surface area contributed by atoms with Gasteiger partial charge in [-0.25, -0.2) is 0 Å². The fraction of sp³-hybridized carbons (Fsp3) is 0.535. The lowest BCUT2D eigenvalue weighted by atomic mass is 9.34. The first kappa shape index (κ1) is 31.0. The van der Waals surface area contributed by atoms with E-state index in [1.54, 1.807) is 5.57 Å². The molecule has 0 radical (unpaired) electrons. The van der Waals surface area contributed by atoms with Crippen molar-refractivity contribution < 1.29 is 9.47 Å². The molecule has 3 unspecified atom stereocenters. The minimum Gasteiger partial charge on any atom is -0.348 e. The molecule has 0 N–H and O–H groups in total. The lowest BCUT2D eigenvalue weighted by molar-refractivity contribution is -0.186. The van der Waals surface area contributed by atoms with Crippen LogP contribution in [0.2, 0.25) is 0 Å². The molecule has 3 saturated carbocycles. The van der Waals surface area contributed by atoms with Gasteiger partial charge < -0.3 is 9.47 Å². The van der Waals surface area contributed by atoms with Crippen LogP contribution in [0.1, 0.15) is 78.1 Å². The van der Waals surface area contributed by atoms with E-state index in [9.17, 15) is 0 Å². The predicted molar refractivity (Wildman–Crippen MR) is 192 cm³/mol. The number of ether oxygens (including phenoxy) is 2. The highest BCUT2D eigenvalue weighted by molar-refractivity contribution is 7.73. The molecule has 0 amide bonds. The van der Waals surface area contributed by atoms with Gasteiger partial charge in [-0.1, -0.05) is 137 Å². The molecule has 3 aromatic carbocycles. The molecule has 3 heteroatoms. The Hall–Kier alpha value is -2.25. The van der Waals surface area contributed by atoms with Crippen LogP contribution in [0, 0.1) is 51.8 Å². The van der Waals surface area contributed by atoms with Gasteiger partial charge in [-0.15, -0.1) is 0 Å². The molecule has 242 valence electrons. The Morgan fingerprint density at radius 1 is 0.761 bits per heavy atom. The summed E-state index contributed by atoms with van der Waals surface area (Å²) in [6, 6.07) is 33.6. The Bertz CT molecular complexity index is 1500. The third-order valence-electron chi connectivity index (χ3n) is 13.7. The van der Waals surface area contributed by atoms with Gasteiger partial charge >= 0.3 is 0 Å². The topological polar surface area (TPSA) is 18.5 Å². The molecule has 0 aromatic heterocycles. The van der Waals surface area contributed by atoms with E-state index in [1.165, 1.54) is 55.3 Å². The van der Waals surface area contributed by atoms with Crippen LogP contribution in [0.3, 0.4) is 0 Å². The van der Waals surface area contributed by atoms with E-state index < -0.39 is 7.92 Å². The van der Waals surface area contributed by atoms with Crippen LogP contribution < -0.4 is 10.6 Å². The van der Waals surface area contributed by atoms with Gasteiger partial charge in [0.2, 0.25) is 0 Å². The second kappa shape index (κ2) is 12.0. The van der Waals surface area contributed by atoms with Crippen molar-refractivity contribution in [3.05, 3.63) is 108 Å². The maximum atomic E-state index is 6.76. The molecule has 1 heterocycles. The van der Waals surface area contributed by atoms with E-state index in [0.29, 0.717) is 34.5 Å². The molecule has 5 aliphatic carbocycles. The smallest absolute Gasteiger partial charge is 0.183 e. The predicted octanol–water partition coefficient (Wildman–Crippen LogP) is 9.92. The largest absolute Gasteiger partial charge is 0.348 e. The van der Waals surface area contributed by atoms with Gasteiger partial charge in [0.15, 0.2) is 6.29 Å². The molecule has 6 aliphatic rings. The van der Waals surface area contributed by atoms with Crippen LogP contribution in [0.25, 0.3) is 0 Å². The average molecular weight is 633 g/mol. The Morgan fingerprint density at radius 2 is 1.39 bits per heavy atom. The van der Waals surface area contributed by atoms with Gasteiger partial charge in [0.05, 0.1) is 13.2 Å². The summed E-state index contributed by atoms with van der Waals surface area (Å²) >= 11 is 0. The van der Waals surface area contributed by atoms with Crippen molar-refractivity contribution in [2.75, 3.05) is 19.4 Å². The summed E-state index contributed by atoms with van der Waals surface area (Å²) in [5.74, 6) is 3.81. The van der Waals surface area contributed by atoms with Crippen molar-refractivity contribution in [3.63, 3.8) is 0 Å². The molecule has 4 fully saturated rings. The van der Waals surface area contributed by atoms with E-state index in [2.05, 4.69) is 125 Å². The molecule has 46 heavy (non-hydrogen) atoms. The maximum absolute atomic E-state index is 6.76. The van der Waals surface area contributed by atoms with Gasteiger partial charge in [-0.3, -0.25) is 0 Å². The zero-order valence-corrected chi connectivity index (χ0v) is 29.3. The molecule has 1 aliphatic heterocycles. The van der Waals surface area contributed by atoms with Crippen molar-refractivity contribution >= 4 is 18.5 Å². The van der Waals surface area contributed by atoms with Crippen LogP contribution >= 0.6 is 7.92 Å². The molecule has 1 saturated heterocycles. The third-order valence-corrected chi connectivity index (χ3v) is 16.6. The molecule has 2 bridgehead atoms. The quantitative estimate of drug-likeness (QED) is 0.199. The summed E-state index contributed by atoms with van der Waals surface area (Å²) in [6.07, 6.45) is 12.0. The lowest BCUT2D eigenvalue weighted by Crippen LogP contribution is -2.65. The van der Waals surface area contributed by atoms with E-state index in [1.807, 2.05) is 0 Å². The van der Waals surface area contributed by atoms with E-state index in [0.717, 1.165) is 30.6 Å². The highest BCUT2D eigenvalue weighted by Gasteiger charge is 2.68. The summed E-state index contributed by atoms with van der Waals surface area (Å²) in [5, 5.41) is 3.08. The van der Waals surface area contributed by atoms with Gasteiger partial charge in [0.25, 0.3) is 0 Å². The summed E-state index contributed by atoms with van der Waals surface area (Å²) in [7, 11) is -0.412. The highest BCUT2D eigenvalue weighted by atomic mass is 31.1. The Morgan fingerprint density at radius 3 is 2.04 bits per heavy atom. The number of hydrogen-bond acceptors (Lipinski definition) is 2. The van der Waals surface area contributed by atoms with Gasteiger partial charge in [-0.05, 0) is 109 Å². The van der Waals surface area contributed by atoms with Gasteiger partial charge in [0.1, 0.15) is 0 Å². The van der Waals surface area contributed by atoms with Crippen molar-refractivity contribution in [2.24, 2.45) is 51.8 Å². The number of fused-ring (bicyclic) bond motifs is 1. The fourth-order valence-electron chi connectivity index (χ4n) is 11.9. The zero-order valence-electron chi connectivity index (χ0n) is 28.4. The first-order valence-corrected chi connectivity index (χ1v) is 19.7. The third kappa shape index (κ3) is 5.00. The van der Waals surface area contributed by atoms with Crippen LogP contribution in [-0.4, -0.2) is 19.4 Å². The second-order valence-corrected chi connectivity index (χ2v) is 18.6. The van der Waals surface area contributed by atoms with Crippen LogP contribution in [0.4, 0.5) is 0 Å². The number of rotatable bonds is 6. The summed E-state index contributed by atoms with van der Waals surface area (Å²) in [5.41, 5.74) is 3.81. The monoisotopic (exact) mass is 632 g/mol. The van der Waals surface area contributed by atoms with Crippen molar-refractivity contribution in [3.8, 4) is 0 Å². The zero-order chi connectivity index (χ0) is 31.5. The standard InChI is InChI=1S/C43H53O2P/c1-30(2)35-26-43-24-21-38-41(3,29-46(32-17-10-6-11-18-32)33-19-12-7-13-20-33)22-14-23-42(38,4)39(43)25-34(35)36-27-44-40(45-28-37(36)43)31-15-8-5-9-16-31/h5-13,15-20,26,30,34,36-40H,14,21-25,27-29H2,1-4H3/t34-,36+,37+,38?,39?,40?,41-,42-,43+/m0/s1. The van der Waals surface area contributed by atoms with Crippen molar-refractivity contribution in [2.45, 2.75) is 72.5 Å². The molecule has 9 atom stereocenters. The minimum absolute atomic E-state index is 0.223. The average Bonchev–Trinajstić information content (AvgIpc) is 3.33. The molecular formula is C43H53O2P. The van der Waals surface area contributed by atoms with E-state index in [-0.39, 0.29) is 11.7 Å². The summed E-state index contributed by atoms with van der Waals surface area (Å²) in [4.78, 5) is 0. The number of hydrogen-bond donors (Lipinski definition) is 0. The van der Waals surface area contributed by atoms with Gasteiger partial charge in [0, 0.05) is 5.56 Å². The Balaban J connectivity index is 1.14. The summed E-state index contributed by atoms with van der Waals surface area (Å²) < 4.78 is 13.4. The Kier molecular flexibility index (Phi) is 8.11. The Labute approximate surface area is 279 Å². The molecular weight excluding hydrogens is 579 g/mol. The van der Waals surface area contributed by atoms with Crippen LogP contribution in [0.15, 0.2) is 103 Å². The molecule has 2 nitrogen and oxygen atoms in total. The maximum Gasteiger partial charge on any atom is 0.183 e. The molecule has 3 aromatic rings. The summed E-state index contributed by atoms with van der Waals surface area (Å²) in [6.45, 7) is 12.0. The van der Waals surface area contributed by atoms with Crippen LogP contribution in [0.5, 0.6) is 0 Å². The first-order chi connectivity index (χ1) is 22.3. The van der Waals surface area contributed by atoms with Crippen LogP contribution in [-0.2, 0) is 9.47 Å². The highest BCUT2D eigenvalue weighted by Crippen LogP contribution is 2.74. The molecule has 1 spiro atoms. The SMILES string of the molecule is CC(C)C1=C[C@@]23CCC4[C@](C)(CP(c5ccccc5)c5ccccc5)CCC[C@]4(C)C2C[C@@H]1[C@H]1COC(c2ccccc2)OC[C@H]13. The van der Waals surface area contributed by atoms with Crippen molar-refractivity contribution in [1.29, 1.82) is 0 Å². The van der Waals surface area contributed by atoms with Crippen molar-refractivity contribution in [1.82, 2.24) is 0 Å². The first-order valence-electron chi connectivity index (χ1n) is 18.2. The molecule has 9 rings (SSSR count). The van der Waals surface area contributed by atoms with E-state index >= 15 is 0 Å².